The molecule has 3 rings (SSSR count). The second-order valence-electron chi connectivity index (χ2n) is 6.83. The van der Waals surface area contributed by atoms with Crippen LogP contribution in [0, 0.1) is 6.92 Å². The summed E-state index contributed by atoms with van der Waals surface area (Å²) >= 11 is 0. The summed E-state index contributed by atoms with van der Waals surface area (Å²) in [7, 11) is 1.86. The van der Waals surface area contributed by atoms with Gasteiger partial charge in [-0.15, -0.1) is 24.0 Å². The molecule has 146 valence electrons. The molecule has 4 nitrogen and oxygen atoms in total. The fourth-order valence-corrected chi connectivity index (χ4v) is 3.28. The molecule has 0 unspecified atom stereocenters. The highest BCUT2D eigenvalue weighted by Gasteiger charge is 2.22. The minimum absolute atomic E-state index is 0. The number of nitrogens with zero attached hydrogens (tertiary/aromatic N) is 2. The van der Waals surface area contributed by atoms with Gasteiger partial charge in [-0.1, -0.05) is 48.0 Å². The number of rotatable bonds is 5. The van der Waals surface area contributed by atoms with Crippen LogP contribution < -0.4 is 10.1 Å². The fourth-order valence-electron chi connectivity index (χ4n) is 3.28. The van der Waals surface area contributed by atoms with Gasteiger partial charge in [-0.05, 0) is 31.0 Å². The molecule has 2 aromatic carbocycles. The zero-order valence-corrected chi connectivity index (χ0v) is 18.6. The van der Waals surface area contributed by atoms with Crippen LogP contribution >= 0.6 is 24.0 Å². The normalized spacial score (nSPS) is 15.2. The van der Waals surface area contributed by atoms with Crippen LogP contribution in [0.2, 0.25) is 0 Å². The Morgan fingerprint density at radius 2 is 1.74 bits per heavy atom. The topological polar surface area (TPSA) is 36.9 Å². The maximum Gasteiger partial charge on any atom is 0.193 e. The smallest absolute Gasteiger partial charge is 0.193 e. The Morgan fingerprint density at radius 1 is 1.07 bits per heavy atom. The SMILES string of the molecule is CN=C(NCCc1ccc(C)cc1)N1CCC(Oc2ccccc2)CC1.I. The number of halogens is 1. The first-order valence-electron chi connectivity index (χ1n) is 9.47. The Hall–Kier alpha value is -1.76. The summed E-state index contributed by atoms with van der Waals surface area (Å²) in [6.07, 6.45) is 3.34. The first-order chi connectivity index (χ1) is 12.7. The van der Waals surface area contributed by atoms with Gasteiger partial charge in [0.1, 0.15) is 11.9 Å². The van der Waals surface area contributed by atoms with Crippen LogP contribution in [-0.2, 0) is 6.42 Å². The average molecular weight is 479 g/mol. The summed E-state index contributed by atoms with van der Waals surface area (Å²) < 4.78 is 6.08. The van der Waals surface area contributed by atoms with Gasteiger partial charge in [0.05, 0.1) is 0 Å². The highest BCUT2D eigenvalue weighted by atomic mass is 127. The lowest BCUT2D eigenvalue weighted by Gasteiger charge is -2.34. The van der Waals surface area contributed by atoms with E-state index in [1.54, 1.807) is 0 Å². The van der Waals surface area contributed by atoms with Crippen LogP contribution in [0.15, 0.2) is 59.6 Å². The van der Waals surface area contributed by atoms with Crippen molar-refractivity contribution in [2.75, 3.05) is 26.7 Å². The zero-order chi connectivity index (χ0) is 18.2. The molecule has 1 fully saturated rings. The standard InChI is InChI=1S/C22H29N3O.HI/c1-18-8-10-19(11-9-18)12-15-24-22(23-2)25-16-13-21(14-17-25)26-20-6-4-3-5-7-20;/h3-11,21H,12-17H2,1-2H3,(H,23,24);1H. The third-order valence-electron chi connectivity index (χ3n) is 4.82. The molecular formula is C22H30IN3O. The summed E-state index contributed by atoms with van der Waals surface area (Å²) in [6, 6.07) is 18.8. The van der Waals surface area contributed by atoms with Crippen molar-refractivity contribution < 1.29 is 4.74 Å². The molecular weight excluding hydrogens is 449 g/mol. The maximum atomic E-state index is 6.08. The third-order valence-corrected chi connectivity index (χ3v) is 4.82. The van der Waals surface area contributed by atoms with Crippen molar-refractivity contribution in [3.8, 4) is 5.75 Å². The van der Waals surface area contributed by atoms with Crippen molar-refractivity contribution in [1.29, 1.82) is 0 Å². The molecule has 1 aliphatic heterocycles. The van der Waals surface area contributed by atoms with Crippen LogP contribution in [0.5, 0.6) is 5.75 Å². The molecule has 5 heteroatoms. The van der Waals surface area contributed by atoms with Gasteiger partial charge in [0, 0.05) is 39.5 Å². The van der Waals surface area contributed by atoms with E-state index in [1.165, 1.54) is 11.1 Å². The number of guanidine groups is 1. The number of aliphatic imine (C=N–C) groups is 1. The fraction of sp³-hybridized carbons (Fsp3) is 0.409. The number of hydrogen-bond donors (Lipinski definition) is 1. The van der Waals surface area contributed by atoms with Crippen LogP contribution in [0.1, 0.15) is 24.0 Å². The second-order valence-corrected chi connectivity index (χ2v) is 6.83. The predicted molar refractivity (Wildman–Crippen MR) is 123 cm³/mol. The lowest BCUT2D eigenvalue weighted by atomic mass is 10.1. The van der Waals surface area contributed by atoms with E-state index < -0.39 is 0 Å². The molecule has 1 aliphatic rings. The molecule has 0 aromatic heterocycles. The van der Waals surface area contributed by atoms with E-state index in [1.807, 2.05) is 37.4 Å². The molecule has 0 saturated carbocycles. The van der Waals surface area contributed by atoms with Gasteiger partial charge >= 0.3 is 0 Å². The highest BCUT2D eigenvalue weighted by molar-refractivity contribution is 14.0. The second kappa shape index (κ2) is 11.2. The lowest BCUT2D eigenvalue weighted by Crippen LogP contribution is -2.47. The third kappa shape index (κ3) is 6.72. The summed E-state index contributed by atoms with van der Waals surface area (Å²) in [5, 5.41) is 3.50. The quantitative estimate of drug-likeness (QED) is 0.396. The zero-order valence-electron chi connectivity index (χ0n) is 16.2. The summed E-state index contributed by atoms with van der Waals surface area (Å²) in [6.45, 7) is 4.97. The molecule has 1 heterocycles. The number of ether oxygens (including phenoxy) is 1. The van der Waals surface area contributed by atoms with E-state index in [9.17, 15) is 0 Å². The van der Waals surface area contributed by atoms with Gasteiger partial charge in [0.25, 0.3) is 0 Å². The van der Waals surface area contributed by atoms with Crippen molar-refractivity contribution in [3.05, 3.63) is 65.7 Å². The van der Waals surface area contributed by atoms with Crippen LogP contribution in [-0.4, -0.2) is 43.6 Å². The van der Waals surface area contributed by atoms with E-state index in [0.717, 1.165) is 50.6 Å². The minimum atomic E-state index is 0. The monoisotopic (exact) mass is 479 g/mol. The summed E-state index contributed by atoms with van der Waals surface area (Å²) in [5.74, 6) is 1.96. The van der Waals surface area contributed by atoms with E-state index in [2.05, 4.69) is 46.4 Å². The van der Waals surface area contributed by atoms with Gasteiger partial charge in [0.15, 0.2) is 5.96 Å². The number of piperidine rings is 1. The molecule has 0 atom stereocenters. The van der Waals surface area contributed by atoms with E-state index in [4.69, 9.17) is 4.74 Å². The molecule has 2 aromatic rings. The van der Waals surface area contributed by atoms with E-state index in [0.29, 0.717) is 6.10 Å². The summed E-state index contributed by atoms with van der Waals surface area (Å²) in [4.78, 5) is 6.79. The number of para-hydroxylation sites is 1. The molecule has 0 bridgehead atoms. The van der Waals surface area contributed by atoms with Gasteiger partial charge in [-0.25, -0.2) is 0 Å². The Morgan fingerprint density at radius 3 is 2.37 bits per heavy atom. The average Bonchev–Trinajstić information content (AvgIpc) is 2.68. The first kappa shape index (κ1) is 21.5. The van der Waals surface area contributed by atoms with Crippen molar-refractivity contribution in [3.63, 3.8) is 0 Å². The van der Waals surface area contributed by atoms with Gasteiger partial charge in [-0.2, -0.15) is 0 Å². The van der Waals surface area contributed by atoms with Crippen LogP contribution in [0.4, 0.5) is 0 Å². The van der Waals surface area contributed by atoms with Crippen LogP contribution in [0.25, 0.3) is 0 Å². The lowest BCUT2D eigenvalue weighted by molar-refractivity contribution is 0.129. The largest absolute Gasteiger partial charge is 0.490 e. The molecule has 0 radical (unpaired) electrons. The molecule has 0 amide bonds. The van der Waals surface area contributed by atoms with Gasteiger partial charge < -0.3 is 15.0 Å². The molecule has 0 spiro atoms. The molecule has 1 N–H and O–H groups in total. The van der Waals surface area contributed by atoms with Crippen molar-refractivity contribution in [1.82, 2.24) is 10.2 Å². The molecule has 1 saturated heterocycles. The van der Waals surface area contributed by atoms with Crippen molar-refractivity contribution in [2.24, 2.45) is 4.99 Å². The number of benzene rings is 2. The van der Waals surface area contributed by atoms with Crippen molar-refractivity contribution >= 4 is 29.9 Å². The number of nitrogens with one attached hydrogen (secondary N) is 1. The number of aryl methyl sites for hydroxylation is 1. The highest BCUT2D eigenvalue weighted by Crippen LogP contribution is 2.18. The molecule has 27 heavy (non-hydrogen) atoms. The predicted octanol–water partition coefficient (Wildman–Crippen LogP) is 4.27. The number of likely N-dealkylation sites (tertiary alicyclic amines) is 1. The summed E-state index contributed by atoms with van der Waals surface area (Å²) in [5.41, 5.74) is 2.66. The maximum absolute atomic E-state index is 6.08. The Balaban J connectivity index is 0.00000261. The Bertz CT molecular complexity index is 695. The first-order valence-corrected chi connectivity index (χ1v) is 9.47. The van der Waals surface area contributed by atoms with E-state index >= 15 is 0 Å². The van der Waals surface area contributed by atoms with Gasteiger partial charge in [0.2, 0.25) is 0 Å². The Kier molecular flexibility index (Phi) is 8.91. The van der Waals surface area contributed by atoms with Gasteiger partial charge in [-0.3, -0.25) is 4.99 Å². The van der Waals surface area contributed by atoms with Crippen LogP contribution in [0.3, 0.4) is 0 Å². The van der Waals surface area contributed by atoms with E-state index in [-0.39, 0.29) is 24.0 Å². The molecule has 0 aliphatic carbocycles. The number of hydrogen-bond acceptors (Lipinski definition) is 2. The minimum Gasteiger partial charge on any atom is -0.490 e. The van der Waals surface area contributed by atoms with Crippen molar-refractivity contribution in [2.45, 2.75) is 32.3 Å². The Labute approximate surface area is 180 Å².